The molecule has 164 valence electrons. The summed E-state index contributed by atoms with van der Waals surface area (Å²) in [6.45, 7) is 4.92. The number of fused-ring (bicyclic) bond motifs is 5. The van der Waals surface area contributed by atoms with E-state index in [9.17, 15) is 14.4 Å². The summed E-state index contributed by atoms with van der Waals surface area (Å²) in [5, 5.41) is 3.97. The number of benzene rings is 2. The first-order chi connectivity index (χ1) is 15.5. The Morgan fingerprint density at radius 2 is 1.97 bits per heavy atom. The second-order valence-corrected chi connectivity index (χ2v) is 8.58. The van der Waals surface area contributed by atoms with Crippen LogP contribution in [0.15, 0.2) is 48.5 Å². The Balaban J connectivity index is 1.52. The van der Waals surface area contributed by atoms with Crippen molar-refractivity contribution in [2.24, 2.45) is 0 Å². The normalized spacial score (nSPS) is 19.9. The Morgan fingerprint density at radius 1 is 1.16 bits per heavy atom. The molecule has 0 radical (unpaired) electrons. The largest absolute Gasteiger partial charge is 0.356 e. The van der Waals surface area contributed by atoms with Crippen LogP contribution in [0.2, 0.25) is 0 Å². The zero-order valence-corrected chi connectivity index (χ0v) is 18.3. The van der Waals surface area contributed by atoms with Crippen molar-refractivity contribution in [3.63, 3.8) is 0 Å². The summed E-state index contributed by atoms with van der Waals surface area (Å²) < 4.78 is 0. The number of carbonyl (C=O) groups excluding carboxylic acids is 3. The molecule has 3 aromatic rings. The van der Waals surface area contributed by atoms with E-state index in [0.29, 0.717) is 30.8 Å². The molecule has 0 bridgehead atoms. The molecule has 0 unspecified atom stereocenters. The number of imide groups is 1. The monoisotopic (exact) mass is 430 g/mol. The number of aromatic amines is 1. The van der Waals surface area contributed by atoms with Crippen LogP contribution >= 0.6 is 0 Å². The molecule has 1 saturated heterocycles. The second kappa shape index (κ2) is 7.51. The fourth-order valence-electron chi connectivity index (χ4n) is 4.89. The maximum atomic E-state index is 13.7. The van der Waals surface area contributed by atoms with Crippen LogP contribution in [0.25, 0.3) is 10.9 Å². The van der Waals surface area contributed by atoms with Crippen molar-refractivity contribution in [3.8, 4) is 0 Å². The molecule has 7 nitrogen and oxygen atoms in total. The van der Waals surface area contributed by atoms with Crippen molar-refractivity contribution in [2.45, 2.75) is 38.6 Å². The number of hydrogen-bond acceptors (Lipinski definition) is 3. The van der Waals surface area contributed by atoms with Gasteiger partial charge in [-0.15, -0.1) is 0 Å². The molecule has 1 aromatic heterocycles. The third-order valence-corrected chi connectivity index (χ3v) is 6.65. The van der Waals surface area contributed by atoms with Gasteiger partial charge in [-0.05, 0) is 49.6 Å². The molecule has 5 rings (SSSR count). The average Bonchev–Trinajstić information content (AvgIpc) is 3.28. The van der Waals surface area contributed by atoms with Crippen LogP contribution < -0.4 is 10.2 Å². The first kappa shape index (κ1) is 20.3. The van der Waals surface area contributed by atoms with Crippen molar-refractivity contribution < 1.29 is 14.4 Å². The van der Waals surface area contributed by atoms with Crippen LogP contribution in [-0.4, -0.2) is 40.8 Å². The molecule has 3 heterocycles. The molecular formula is C25H26N4O3. The van der Waals surface area contributed by atoms with E-state index >= 15 is 0 Å². The van der Waals surface area contributed by atoms with Crippen LogP contribution in [0.1, 0.15) is 48.3 Å². The Hall–Kier alpha value is -3.61. The van der Waals surface area contributed by atoms with Crippen LogP contribution in [0, 0.1) is 0 Å². The lowest BCUT2D eigenvalue weighted by Crippen LogP contribution is -2.49. The standard InChI is InChI=1S/C25H26N4O3/c1-3-4-13-26-22(30)16-8-7-9-17(15-16)29-23(31)25(2)21-19(12-14-28(25)24(29)32)18-10-5-6-11-20(18)27-21/h5-11,15,27H,3-4,12-14H2,1-2H3,(H,26,30)/t25-/m0/s1. The van der Waals surface area contributed by atoms with Crippen LogP contribution in [-0.2, 0) is 16.8 Å². The third kappa shape index (κ3) is 2.84. The number of hydrogen-bond donors (Lipinski definition) is 2. The summed E-state index contributed by atoms with van der Waals surface area (Å²) >= 11 is 0. The number of unbranched alkanes of at least 4 members (excludes halogenated alkanes) is 1. The zero-order chi connectivity index (χ0) is 22.5. The van der Waals surface area contributed by atoms with Crippen molar-refractivity contribution >= 4 is 34.4 Å². The molecule has 2 aliphatic rings. The lowest BCUT2D eigenvalue weighted by Gasteiger charge is -2.35. The molecular weight excluding hydrogens is 404 g/mol. The number of H-pyrrole nitrogens is 1. The van der Waals surface area contributed by atoms with Gasteiger partial charge in [0.2, 0.25) is 0 Å². The molecule has 1 atom stereocenters. The summed E-state index contributed by atoms with van der Waals surface area (Å²) in [6.07, 6.45) is 2.57. The van der Waals surface area contributed by atoms with Gasteiger partial charge >= 0.3 is 6.03 Å². The highest BCUT2D eigenvalue weighted by atomic mass is 16.2. The first-order valence-electron chi connectivity index (χ1n) is 11.1. The van der Waals surface area contributed by atoms with E-state index in [0.717, 1.165) is 35.0 Å². The Bertz CT molecular complexity index is 1250. The molecule has 7 heteroatoms. The average molecular weight is 431 g/mol. The lowest BCUT2D eigenvalue weighted by molar-refractivity contribution is -0.125. The predicted octanol–water partition coefficient (Wildman–Crippen LogP) is 3.94. The maximum absolute atomic E-state index is 13.7. The summed E-state index contributed by atoms with van der Waals surface area (Å²) in [5.41, 5.74) is 2.57. The number of rotatable bonds is 5. The Morgan fingerprint density at radius 3 is 2.78 bits per heavy atom. The fourth-order valence-corrected chi connectivity index (χ4v) is 4.89. The van der Waals surface area contributed by atoms with Gasteiger partial charge < -0.3 is 15.2 Å². The number of urea groups is 1. The van der Waals surface area contributed by atoms with E-state index in [1.807, 2.05) is 31.2 Å². The molecule has 2 N–H and O–H groups in total. The topological polar surface area (TPSA) is 85.5 Å². The highest BCUT2D eigenvalue weighted by Crippen LogP contribution is 2.45. The smallest absolute Gasteiger partial charge is 0.332 e. The van der Waals surface area contributed by atoms with Gasteiger partial charge in [-0.1, -0.05) is 37.6 Å². The van der Waals surface area contributed by atoms with Gasteiger partial charge in [0.1, 0.15) is 0 Å². The minimum atomic E-state index is -1.11. The van der Waals surface area contributed by atoms with Gasteiger partial charge in [0.25, 0.3) is 11.8 Å². The number of carbonyl (C=O) groups is 3. The van der Waals surface area contributed by atoms with Crippen molar-refractivity contribution in [3.05, 3.63) is 65.4 Å². The maximum Gasteiger partial charge on any atom is 0.332 e. The van der Waals surface area contributed by atoms with Crippen LogP contribution in [0.3, 0.4) is 0 Å². The van der Waals surface area contributed by atoms with Crippen molar-refractivity contribution in [1.29, 1.82) is 0 Å². The minimum Gasteiger partial charge on any atom is -0.356 e. The van der Waals surface area contributed by atoms with E-state index in [1.54, 1.807) is 29.2 Å². The molecule has 1 fully saturated rings. The van der Waals surface area contributed by atoms with Gasteiger partial charge in [0, 0.05) is 29.6 Å². The number of anilines is 1. The number of nitrogens with zero attached hydrogens (tertiary/aromatic N) is 2. The molecule has 32 heavy (non-hydrogen) atoms. The highest BCUT2D eigenvalue weighted by Gasteiger charge is 2.59. The molecule has 2 aliphatic heterocycles. The van der Waals surface area contributed by atoms with E-state index in [2.05, 4.69) is 17.2 Å². The van der Waals surface area contributed by atoms with Gasteiger partial charge in [0.05, 0.1) is 11.4 Å². The number of para-hydroxylation sites is 1. The first-order valence-corrected chi connectivity index (χ1v) is 11.1. The van der Waals surface area contributed by atoms with Crippen molar-refractivity contribution in [1.82, 2.24) is 15.2 Å². The van der Waals surface area contributed by atoms with E-state index in [1.165, 1.54) is 4.90 Å². The number of nitrogens with one attached hydrogen (secondary N) is 2. The summed E-state index contributed by atoms with van der Waals surface area (Å²) in [6, 6.07) is 14.3. The second-order valence-electron chi connectivity index (χ2n) is 8.58. The van der Waals surface area contributed by atoms with E-state index in [-0.39, 0.29) is 17.8 Å². The van der Waals surface area contributed by atoms with Gasteiger partial charge in [-0.2, -0.15) is 0 Å². The summed E-state index contributed by atoms with van der Waals surface area (Å²) in [4.78, 5) is 45.9. The third-order valence-electron chi connectivity index (χ3n) is 6.65. The molecule has 0 saturated carbocycles. The summed E-state index contributed by atoms with van der Waals surface area (Å²) in [7, 11) is 0. The predicted molar refractivity (Wildman–Crippen MR) is 123 cm³/mol. The fraction of sp³-hybridized carbons (Fsp3) is 0.320. The van der Waals surface area contributed by atoms with Gasteiger partial charge in [-0.25, -0.2) is 9.69 Å². The quantitative estimate of drug-likeness (QED) is 0.475. The lowest BCUT2D eigenvalue weighted by atomic mass is 9.87. The van der Waals surface area contributed by atoms with Gasteiger partial charge in [0.15, 0.2) is 5.54 Å². The Kier molecular flexibility index (Phi) is 4.77. The SMILES string of the molecule is CCCCNC(=O)c1cccc(N2C(=O)N3CCc4c([nH]c5ccccc45)[C@@]3(C)C2=O)c1. The van der Waals surface area contributed by atoms with Crippen LogP contribution in [0.4, 0.5) is 10.5 Å². The van der Waals surface area contributed by atoms with E-state index < -0.39 is 5.54 Å². The van der Waals surface area contributed by atoms with Gasteiger partial charge in [-0.3, -0.25) is 9.59 Å². The molecule has 4 amide bonds. The van der Waals surface area contributed by atoms with Crippen molar-refractivity contribution in [2.75, 3.05) is 18.0 Å². The highest BCUT2D eigenvalue weighted by molar-refractivity contribution is 6.24. The Labute approximate surface area is 186 Å². The summed E-state index contributed by atoms with van der Waals surface area (Å²) in [5.74, 6) is -0.514. The zero-order valence-electron chi connectivity index (χ0n) is 18.3. The molecule has 0 spiro atoms. The minimum absolute atomic E-state index is 0.207. The number of aromatic nitrogens is 1. The molecule has 2 aromatic carbocycles. The molecule has 0 aliphatic carbocycles. The van der Waals surface area contributed by atoms with E-state index in [4.69, 9.17) is 0 Å². The van der Waals surface area contributed by atoms with Crippen LogP contribution in [0.5, 0.6) is 0 Å². The number of amides is 4.